The van der Waals surface area contributed by atoms with Crippen LogP contribution >= 0.6 is 0 Å². The third kappa shape index (κ3) is 30.9. The SMILES string of the molecule is CCCCCCCOC(=O)CCCC/C=C/CCCCCCCCCCCCC(=O)OCCCCCCC. The topological polar surface area (TPSA) is 52.6 Å². The summed E-state index contributed by atoms with van der Waals surface area (Å²) in [6.45, 7) is 5.63. The van der Waals surface area contributed by atoms with Gasteiger partial charge in [0.05, 0.1) is 13.2 Å². The van der Waals surface area contributed by atoms with Gasteiger partial charge >= 0.3 is 11.9 Å². The third-order valence-corrected chi connectivity index (χ3v) is 7.19. The predicted molar refractivity (Wildman–Crippen MR) is 162 cm³/mol. The van der Waals surface area contributed by atoms with Gasteiger partial charge in [-0.25, -0.2) is 0 Å². The molecule has 0 bridgehead atoms. The lowest BCUT2D eigenvalue weighted by Crippen LogP contribution is -2.05. The van der Waals surface area contributed by atoms with Crippen molar-refractivity contribution in [3.05, 3.63) is 12.2 Å². The predicted octanol–water partition coefficient (Wildman–Crippen LogP) is 10.8. The van der Waals surface area contributed by atoms with Crippen molar-refractivity contribution in [2.75, 3.05) is 13.2 Å². The van der Waals surface area contributed by atoms with Gasteiger partial charge in [-0.1, -0.05) is 129 Å². The van der Waals surface area contributed by atoms with Crippen LogP contribution in [0.2, 0.25) is 0 Å². The van der Waals surface area contributed by atoms with Crippen molar-refractivity contribution in [1.82, 2.24) is 0 Å². The van der Waals surface area contributed by atoms with E-state index in [9.17, 15) is 9.59 Å². The zero-order valence-electron chi connectivity index (χ0n) is 25.6. The highest BCUT2D eigenvalue weighted by atomic mass is 16.5. The van der Waals surface area contributed by atoms with Crippen LogP contribution in [-0.4, -0.2) is 25.2 Å². The van der Waals surface area contributed by atoms with Crippen molar-refractivity contribution >= 4 is 11.9 Å². The van der Waals surface area contributed by atoms with Crippen LogP contribution in [-0.2, 0) is 19.1 Å². The number of allylic oxidation sites excluding steroid dienone is 2. The van der Waals surface area contributed by atoms with E-state index < -0.39 is 0 Å². The number of hydrogen-bond donors (Lipinski definition) is 0. The van der Waals surface area contributed by atoms with Crippen LogP contribution in [0.3, 0.4) is 0 Å². The van der Waals surface area contributed by atoms with E-state index in [1.165, 1.54) is 109 Å². The Bertz CT molecular complexity index is 529. The van der Waals surface area contributed by atoms with Crippen LogP contribution in [0.25, 0.3) is 0 Å². The van der Waals surface area contributed by atoms with Gasteiger partial charge in [0.15, 0.2) is 0 Å². The van der Waals surface area contributed by atoms with E-state index in [0.29, 0.717) is 26.1 Å². The van der Waals surface area contributed by atoms with Gasteiger partial charge in [0.2, 0.25) is 0 Å². The van der Waals surface area contributed by atoms with Gasteiger partial charge in [0, 0.05) is 12.8 Å². The van der Waals surface area contributed by atoms with Crippen LogP contribution in [0.15, 0.2) is 12.2 Å². The van der Waals surface area contributed by atoms with Gasteiger partial charge in [0.1, 0.15) is 0 Å². The highest BCUT2D eigenvalue weighted by molar-refractivity contribution is 5.69. The molecular formula is C34H64O4. The van der Waals surface area contributed by atoms with E-state index in [1.807, 2.05) is 0 Å². The molecular weight excluding hydrogens is 472 g/mol. The number of esters is 2. The van der Waals surface area contributed by atoms with Crippen LogP contribution in [0.5, 0.6) is 0 Å². The number of ether oxygens (including phenoxy) is 2. The van der Waals surface area contributed by atoms with Crippen molar-refractivity contribution in [3.8, 4) is 0 Å². The molecule has 38 heavy (non-hydrogen) atoms. The normalized spacial score (nSPS) is 11.3. The second-order valence-corrected chi connectivity index (χ2v) is 11.1. The van der Waals surface area contributed by atoms with E-state index >= 15 is 0 Å². The van der Waals surface area contributed by atoms with Gasteiger partial charge in [-0.3, -0.25) is 9.59 Å². The summed E-state index contributed by atoms with van der Waals surface area (Å²) >= 11 is 0. The van der Waals surface area contributed by atoms with Crippen LogP contribution in [0, 0.1) is 0 Å². The Morgan fingerprint density at radius 1 is 0.421 bits per heavy atom. The van der Waals surface area contributed by atoms with E-state index in [1.54, 1.807) is 0 Å². The molecule has 0 aliphatic rings. The smallest absolute Gasteiger partial charge is 0.305 e. The molecule has 224 valence electrons. The van der Waals surface area contributed by atoms with Gasteiger partial charge in [-0.2, -0.15) is 0 Å². The Balaban J connectivity index is 3.24. The van der Waals surface area contributed by atoms with Crippen molar-refractivity contribution in [2.45, 2.75) is 181 Å². The Kier molecular flexibility index (Phi) is 30.8. The largest absolute Gasteiger partial charge is 0.466 e. The van der Waals surface area contributed by atoms with Crippen molar-refractivity contribution < 1.29 is 19.1 Å². The molecule has 0 unspecified atom stereocenters. The summed E-state index contributed by atoms with van der Waals surface area (Å²) in [5.41, 5.74) is 0. The monoisotopic (exact) mass is 536 g/mol. The van der Waals surface area contributed by atoms with Crippen molar-refractivity contribution in [1.29, 1.82) is 0 Å². The molecule has 0 aromatic rings. The first kappa shape index (κ1) is 36.7. The molecule has 0 N–H and O–H groups in total. The fraction of sp³-hybridized carbons (Fsp3) is 0.882. The third-order valence-electron chi connectivity index (χ3n) is 7.19. The molecule has 0 amide bonds. The molecule has 0 heterocycles. The molecule has 0 atom stereocenters. The zero-order valence-corrected chi connectivity index (χ0v) is 25.6. The number of hydrogen-bond acceptors (Lipinski definition) is 4. The first-order chi connectivity index (χ1) is 18.7. The molecule has 0 fully saturated rings. The van der Waals surface area contributed by atoms with Gasteiger partial charge in [-0.05, 0) is 51.4 Å². The Hall–Kier alpha value is -1.32. The summed E-state index contributed by atoms with van der Waals surface area (Å²) in [4.78, 5) is 23.4. The standard InChI is InChI=1S/C34H64O4/c1-3-5-7-23-27-31-37-33(35)29-25-21-19-17-15-13-11-9-10-12-14-16-18-20-22-26-30-34(36)38-32-28-24-8-6-4-2/h15,17H,3-14,16,18-32H2,1-2H3/b17-15+. The summed E-state index contributed by atoms with van der Waals surface area (Å²) in [7, 11) is 0. The van der Waals surface area contributed by atoms with Crippen LogP contribution in [0.1, 0.15) is 181 Å². The van der Waals surface area contributed by atoms with E-state index in [2.05, 4.69) is 26.0 Å². The highest BCUT2D eigenvalue weighted by Gasteiger charge is 2.03. The number of unbranched alkanes of at least 4 members (excludes halogenated alkanes) is 20. The molecule has 0 aliphatic heterocycles. The van der Waals surface area contributed by atoms with Crippen LogP contribution in [0.4, 0.5) is 0 Å². The Morgan fingerprint density at radius 3 is 1.18 bits per heavy atom. The minimum Gasteiger partial charge on any atom is -0.466 e. The number of carbonyl (C=O) groups excluding carboxylic acids is 2. The second-order valence-electron chi connectivity index (χ2n) is 11.1. The molecule has 0 saturated heterocycles. The minimum absolute atomic E-state index is 0.00369. The van der Waals surface area contributed by atoms with E-state index in [0.717, 1.165) is 44.9 Å². The molecule has 4 heteroatoms. The average Bonchev–Trinajstić information content (AvgIpc) is 2.91. The Labute approximate surface area is 237 Å². The average molecular weight is 537 g/mol. The van der Waals surface area contributed by atoms with Crippen molar-refractivity contribution in [2.24, 2.45) is 0 Å². The van der Waals surface area contributed by atoms with Gasteiger partial charge in [-0.15, -0.1) is 0 Å². The highest BCUT2D eigenvalue weighted by Crippen LogP contribution is 2.13. The lowest BCUT2D eigenvalue weighted by Gasteiger charge is -2.05. The lowest BCUT2D eigenvalue weighted by atomic mass is 10.0. The van der Waals surface area contributed by atoms with E-state index in [4.69, 9.17) is 9.47 Å². The number of rotatable bonds is 30. The molecule has 0 aliphatic carbocycles. The molecule has 0 spiro atoms. The summed E-state index contributed by atoms with van der Waals surface area (Å²) in [5.74, 6) is -0.0267. The molecule has 4 nitrogen and oxygen atoms in total. The van der Waals surface area contributed by atoms with Gasteiger partial charge < -0.3 is 9.47 Å². The molecule has 0 saturated carbocycles. The summed E-state index contributed by atoms with van der Waals surface area (Å²) in [5, 5.41) is 0. The summed E-state index contributed by atoms with van der Waals surface area (Å²) in [6, 6.07) is 0. The first-order valence-corrected chi connectivity index (χ1v) is 16.7. The lowest BCUT2D eigenvalue weighted by molar-refractivity contribution is -0.144. The maximum absolute atomic E-state index is 11.7. The summed E-state index contributed by atoms with van der Waals surface area (Å²) < 4.78 is 10.6. The maximum Gasteiger partial charge on any atom is 0.305 e. The van der Waals surface area contributed by atoms with E-state index in [-0.39, 0.29) is 11.9 Å². The molecule has 0 rings (SSSR count). The van der Waals surface area contributed by atoms with Gasteiger partial charge in [0.25, 0.3) is 0 Å². The fourth-order valence-electron chi connectivity index (χ4n) is 4.64. The Morgan fingerprint density at radius 2 is 0.737 bits per heavy atom. The molecule has 0 aromatic heterocycles. The van der Waals surface area contributed by atoms with Crippen molar-refractivity contribution in [3.63, 3.8) is 0 Å². The zero-order chi connectivity index (χ0) is 27.8. The number of carbonyl (C=O) groups is 2. The maximum atomic E-state index is 11.7. The summed E-state index contributed by atoms with van der Waals surface area (Å²) in [6.07, 6.45) is 34.6. The quantitative estimate of drug-likeness (QED) is 0.0520. The van der Waals surface area contributed by atoms with Crippen LogP contribution < -0.4 is 0 Å². The molecule has 0 radical (unpaired) electrons. The second kappa shape index (κ2) is 31.9. The first-order valence-electron chi connectivity index (χ1n) is 16.7. The fourth-order valence-corrected chi connectivity index (χ4v) is 4.64. The minimum atomic E-state index is -0.0230. The molecule has 0 aromatic carbocycles.